The highest BCUT2D eigenvalue weighted by Gasteiger charge is 2.12. The lowest BCUT2D eigenvalue weighted by atomic mass is 10.1. The number of hydrogen-bond acceptors (Lipinski definition) is 7. The van der Waals surface area contributed by atoms with E-state index in [1.54, 1.807) is 7.11 Å². The molecule has 0 bridgehead atoms. The SMILES string of the molecule is COc1ccc(-c2csc(NC(=O)CCSc3nc(C)cc(C)c3C#N)n2)cc1. The summed E-state index contributed by atoms with van der Waals surface area (Å²) in [4.78, 5) is 21.2. The van der Waals surface area contributed by atoms with Crippen molar-refractivity contribution in [3.05, 3.63) is 52.5 Å². The monoisotopic (exact) mass is 424 g/mol. The number of carbonyl (C=O) groups excluding carboxylic acids is 1. The van der Waals surface area contributed by atoms with Crippen molar-refractivity contribution in [2.45, 2.75) is 25.3 Å². The van der Waals surface area contributed by atoms with Gasteiger partial charge in [-0.3, -0.25) is 4.79 Å². The molecule has 1 amide bonds. The van der Waals surface area contributed by atoms with Gasteiger partial charge in [0.25, 0.3) is 0 Å². The standard InChI is InChI=1S/C21H20N4O2S2/c1-13-10-14(2)23-20(17(13)11-22)28-9-8-19(26)25-21-24-18(12-29-21)15-4-6-16(27-3)7-5-15/h4-7,10,12H,8-9H2,1-3H3,(H,24,25,26). The molecule has 0 fully saturated rings. The highest BCUT2D eigenvalue weighted by atomic mass is 32.2. The zero-order chi connectivity index (χ0) is 20.8. The largest absolute Gasteiger partial charge is 0.497 e. The lowest BCUT2D eigenvalue weighted by molar-refractivity contribution is -0.115. The van der Waals surface area contributed by atoms with E-state index in [-0.39, 0.29) is 5.91 Å². The van der Waals surface area contributed by atoms with Gasteiger partial charge in [-0.25, -0.2) is 9.97 Å². The number of aromatic nitrogens is 2. The molecule has 0 atom stereocenters. The van der Waals surface area contributed by atoms with Crippen LogP contribution in [-0.4, -0.2) is 28.7 Å². The molecule has 1 N–H and O–H groups in total. The van der Waals surface area contributed by atoms with E-state index in [1.165, 1.54) is 23.1 Å². The Morgan fingerprint density at radius 3 is 2.72 bits per heavy atom. The number of methoxy groups -OCH3 is 1. The number of aryl methyl sites for hydroxylation is 2. The van der Waals surface area contributed by atoms with Crippen LogP contribution in [0.3, 0.4) is 0 Å². The fourth-order valence-electron chi connectivity index (χ4n) is 2.69. The average molecular weight is 425 g/mol. The predicted octanol–water partition coefficient (Wildman–Crippen LogP) is 4.82. The molecule has 6 nitrogen and oxygen atoms in total. The molecular formula is C21H20N4O2S2. The van der Waals surface area contributed by atoms with Gasteiger partial charge in [0.1, 0.15) is 16.8 Å². The van der Waals surface area contributed by atoms with Crippen molar-refractivity contribution in [3.8, 4) is 23.1 Å². The molecule has 3 aromatic rings. The molecule has 0 radical (unpaired) electrons. The van der Waals surface area contributed by atoms with Gasteiger partial charge in [0.05, 0.1) is 18.4 Å². The van der Waals surface area contributed by atoms with Gasteiger partial charge in [-0.2, -0.15) is 5.26 Å². The molecule has 3 rings (SSSR count). The first-order valence-electron chi connectivity index (χ1n) is 8.91. The number of benzene rings is 1. The molecule has 29 heavy (non-hydrogen) atoms. The first-order valence-corrected chi connectivity index (χ1v) is 10.8. The van der Waals surface area contributed by atoms with Crippen LogP contribution >= 0.6 is 23.1 Å². The molecular weight excluding hydrogens is 404 g/mol. The van der Waals surface area contributed by atoms with E-state index in [0.29, 0.717) is 27.9 Å². The molecule has 2 heterocycles. The van der Waals surface area contributed by atoms with E-state index < -0.39 is 0 Å². The maximum atomic E-state index is 12.3. The van der Waals surface area contributed by atoms with Crippen LogP contribution in [0.25, 0.3) is 11.3 Å². The van der Waals surface area contributed by atoms with E-state index in [0.717, 1.165) is 28.3 Å². The van der Waals surface area contributed by atoms with Crippen molar-refractivity contribution in [3.63, 3.8) is 0 Å². The van der Waals surface area contributed by atoms with E-state index in [4.69, 9.17) is 4.74 Å². The summed E-state index contributed by atoms with van der Waals surface area (Å²) in [6.07, 6.45) is 0.307. The minimum atomic E-state index is -0.115. The van der Waals surface area contributed by atoms with E-state index >= 15 is 0 Å². The highest BCUT2D eigenvalue weighted by molar-refractivity contribution is 7.99. The van der Waals surface area contributed by atoms with Gasteiger partial charge in [0, 0.05) is 28.8 Å². The van der Waals surface area contributed by atoms with Crippen LogP contribution in [0.4, 0.5) is 5.13 Å². The fourth-order valence-corrected chi connectivity index (χ4v) is 4.47. The molecule has 0 aliphatic carbocycles. The lowest BCUT2D eigenvalue weighted by Crippen LogP contribution is -2.12. The van der Waals surface area contributed by atoms with Crippen molar-refractivity contribution >= 4 is 34.1 Å². The van der Waals surface area contributed by atoms with Crippen LogP contribution in [0, 0.1) is 25.2 Å². The van der Waals surface area contributed by atoms with Crippen molar-refractivity contribution in [2.75, 3.05) is 18.2 Å². The number of ether oxygens (including phenoxy) is 1. The quantitative estimate of drug-likeness (QED) is 0.547. The van der Waals surface area contributed by atoms with Gasteiger partial charge in [0.2, 0.25) is 5.91 Å². The number of hydrogen-bond donors (Lipinski definition) is 1. The van der Waals surface area contributed by atoms with Gasteiger partial charge < -0.3 is 10.1 Å². The second-order valence-corrected chi connectivity index (χ2v) is 8.23. The number of thiazole rings is 1. The molecule has 148 valence electrons. The first kappa shape index (κ1) is 20.8. The molecule has 0 aliphatic rings. The summed E-state index contributed by atoms with van der Waals surface area (Å²) in [6, 6.07) is 11.7. The number of nitriles is 1. The smallest absolute Gasteiger partial charge is 0.226 e. The number of rotatable bonds is 7. The average Bonchev–Trinajstić information content (AvgIpc) is 3.16. The predicted molar refractivity (Wildman–Crippen MR) is 116 cm³/mol. The molecule has 2 aromatic heterocycles. The number of thioether (sulfide) groups is 1. The van der Waals surface area contributed by atoms with E-state index in [2.05, 4.69) is 21.4 Å². The summed E-state index contributed by atoms with van der Waals surface area (Å²) in [5.74, 6) is 1.21. The van der Waals surface area contributed by atoms with Crippen molar-refractivity contribution in [1.29, 1.82) is 5.26 Å². The Hall–Kier alpha value is -2.89. The Morgan fingerprint density at radius 1 is 1.28 bits per heavy atom. The summed E-state index contributed by atoms with van der Waals surface area (Å²) in [6.45, 7) is 3.79. The molecule has 0 spiro atoms. The molecule has 8 heteroatoms. The number of amides is 1. The molecule has 0 saturated carbocycles. The molecule has 0 unspecified atom stereocenters. The first-order chi connectivity index (χ1) is 14.0. The second kappa shape index (κ2) is 9.54. The maximum Gasteiger partial charge on any atom is 0.226 e. The third-order valence-corrected chi connectivity index (χ3v) is 5.86. The van der Waals surface area contributed by atoms with Gasteiger partial charge in [-0.15, -0.1) is 23.1 Å². The van der Waals surface area contributed by atoms with Crippen LogP contribution in [0.15, 0.2) is 40.7 Å². The highest BCUT2D eigenvalue weighted by Crippen LogP contribution is 2.27. The second-order valence-electron chi connectivity index (χ2n) is 6.29. The topological polar surface area (TPSA) is 87.9 Å². The Kier molecular flexibility index (Phi) is 6.86. The van der Waals surface area contributed by atoms with Crippen LogP contribution in [-0.2, 0) is 4.79 Å². The van der Waals surface area contributed by atoms with Crippen LogP contribution < -0.4 is 10.1 Å². The maximum absolute atomic E-state index is 12.3. The van der Waals surface area contributed by atoms with Crippen LogP contribution in [0.5, 0.6) is 5.75 Å². The summed E-state index contributed by atoms with van der Waals surface area (Å²) < 4.78 is 5.16. The number of pyridine rings is 1. The minimum Gasteiger partial charge on any atom is -0.497 e. The van der Waals surface area contributed by atoms with Gasteiger partial charge in [-0.1, -0.05) is 0 Å². The van der Waals surface area contributed by atoms with E-state index in [9.17, 15) is 10.1 Å². The summed E-state index contributed by atoms with van der Waals surface area (Å²) >= 11 is 2.81. The van der Waals surface area contributed by atoms with Crippen molar-refractivity contribution in [2.24, 2.45) is 0 Å². The fraction of sp³-hybridized carbons (Fsp3) is 0.238. The van der Waals surface area contributed by atoms with Crippen LogP contribution in [0.1, 0.15) is 23.2 Å². The summed E-state index contributed by atoms with van der Waals surface area (Å²) in [5, 5.41) is 15.3. The Morgan fingerprint density at radius 2 is 2.03 bits per heavy atom. The van der Waals surface area contributed by atoms with Crippen molar-refractivity contribution < 1.29 is 9.53 Å². The van der Waals surface area contributed by atoms with E-state index in [1.807, 2.05) is 49.6 Å². The minimum absolute atomic E-state index is 0.115. The normalized spacial score (nSPS) is 10.4. The molecule has 1 aromatic carbocycles. The zero-order valence-corrected chi connectivity index (χ0v) is 18.0. The Balaban J connectivity index is 1.55. The number of carbonyl (C=O) groups is 1. The Labute approximate surface area is 178 Å². The molecule has 0 saturated heterocycles. The molecule has 0 aliphatic heterocycles. The third kappa shape index (κ3) is 5.34. The summed E-state index contributed by atoms with van der Waals surface area (Å²) in [7, 11) is 1.63. The third-order valence-electron chi connectivity index (χ3n) is 4.13. The Bertz CT molecular complexity index is 1060. The van der Waals surface area contributed by atoms with Crippen LogP contribution in [0.2, 0.25) is 0 Å². The lowest BCUT2D eigenvalue weighted by Gasteiger charge is -2.07. The van der Waals surface area contributed by atoms with Gasteiger partial charge >= 0.3 is 0 Å². The van der Waals surface area contributed by atoms with Gasteiger partial charge in [-0.05, 0) is 49.7 Å². The number of anilines is 1. The zero-order valence-electron chi connectivity index (χ0n) is 16.4. The summed E-state index contributed by atoms with van der Waals surface area (Å²) in [5.41, 5.74) is 4.11. The van der Waals surface area contributed by atoms with Gasteiger partial charge in [0.15, 0.2) is 5.13 Å². The number of nitrogens with zero attached hydrogens (tertiary/aromatic N) is 3. The number of nitrogens with one attached hydrogen (secondary N) is 1. The van der Waals surface area contributed by atoms with Crippen molar-refractivity contribution in [1.82, 2.24) is 9.97 Å².